The van der Waals surface area contributed by atoms with Gasteiger partial charge in [0.05, 0.1) is 11.3 Å². The van der Waals surface area contributed by atoms with E-state index in [4.69, 9.17) is 14.1 Å². The molecule has 0 spiro atoms. The minimum absolute atomic E-state index is 0. The monoisotopic (exact) mass is 848 g/mol. The van der Waals surface area contributed by atoms with Crippen LogP contribution in [0.3, 0.4) is 0 Å². The van der Waals surface area contributed by atoms with Crippen molar-refractivity contribution >= 4 is 60.8 Å². The molecule has 0 radical (unpaired) electrons. The van der Waals surface area contributed by atoms with E-state index in [1.807, 2.05) is 30.5 Å². The molecule has 1 aliphatic heterocycles. The summed E-state index contributed by atoms with van der Waals surface area (Å²) in [5, 5.41) is 4.17. The number of pyridine rings is 1. The molecule has 0 N–H and O–H groups in total. The van der Waals surface area contributed by atoms with E-state index in [0.29, 0.717) is 17.1 Å². The first-order valence-electron chi connectivity index (χ1n) is 17.1. The molecule has 0 unspecified atom stereocenters. The van der Waals surface area contributed by atoms with Crippen molar-refractivity contribution in [2.24, 2.45) is 0 Å². The standard InChI is InChI=1S/C44H37N4O2.Pt/c1-43(2,3)28-22-23-45-39(24-28)48-33-18-9-7-16-31(33)40-36(48)26-38(42-41(40)32-17-8-12-21-37(32)50-42)49-30-15-13-14-29(25-30)46-27-47(44(4,5)6)35-20-11-10-19-34(35)46;/h7-24,27H,1-6H3;/q-3;. The first-order valence-corrected chi connectivity index (χ1v) is 17.1. The molecule has 4 heterocycles. The Morgan fingerprint density at radius 2 is 1.47 bits per heavy atom. The second-order valence-corrected chi connectivity index (χ2v) is 15.0. The smallest absolute Gasteiger partial charge is 0.135 e. The van der Waals surface area contributed by atoms with Crippen molar-refractivity contribution in [1.82, 2.24) is 9.55 Å². The summed E-state index contributed by atoms with van der Waals surface area (Å²) >= 11 is 0. The maximum atomic E-state index is 6.78. The molecule has 0 aliphatic carbocycles. The number of rotatable bonds is 4. The Labute approximate surface area is 312 Å². The Kier molecular flexibility index (Phi) is 7.81. The summed E-state index contributed by atoms with van der Waals surface area (Å²) in [4.78, 5) is 9.36. The zero-order valence-corrected chi connectivity index (χ0v) is 31.7. The number of hydrogen-bond donors (Lipinski definition) is 0. The fourth-order valence-corrected chi connectivity index (χ4v) is 7.13. The van der Waals surface area contributed by atoms with E-state index < -0.39 is 0 Å². The first kappa shape index (κ1) is 33.1. The van der Waals surface area contributed by atoms with E-state index in [0.717, 1.165) is 61.0 Å². The van der Waals surface area contributed by atoms with Crippen LogP contribution in [0.5, 0.6) is 11.5 Å². The number of para-hydroxylation sites is 4. The Hall–Kier alpha value is -5.06. The molecule has 258 valence electrons. The Bertz CT molecular complexity index is 2610. The second-order valence-electron chi connectivity index (χ2n) is 15.0. The fraction of sp³-hybridized carbons (Fsp3) is 0.182. The van der Waals surface area contributed by atoms with Crippen molar-refractivity contribution in [3.63, 3.8) is 0 Å². The van der Waals surface area contributed by atoms with Crippen LogP contribution in [0, 0.1) is 18.8 Å². The second kappa shape index (κ2) is 12.0. The van der Waals surface area contributed by atoms with Gasteiger partial charge >= 0.3 is 0 Å². The zero-order chi connectivity index (χ0) is 34.4. The van der Waals surface area contributed by atoms with Gasteiger partial charge < -0.3 is 23.5 Å². The molecule has 0 saturated heterocycles. The number of fused-ring (bicyclic) bond motifs is 8. The zero-order valence-electron chi connectivity index (χ0n) is 29.4. The molecule has 6 nitrogen and oxygen atoms in total. The van der Waals surface area contributed by atoms with E-state index in [1.165, 1.54) is 5.56 Å². The summed E-state index contributed by atoms with van der Waals surface area (Å²) in [5.41, 5.74) is 7.54. The molecule has 0 fully saturated rings. The molecule has 0 bridgehead atoms. The summed E-state index contributed by atoms with van der Waals surface area (Å²) in [7, 11) is 0. The minimum Gasteiger partial charge on any atom is -0.512 e. The Morgan fingerprint density at radius 1 is 0.745 bits per heavy atom. The van der Waals surface area contributed by atoms with Crippen molar-refractivity contribution in [1.29, 1.82) is 0 Å². The maximum absolute atomic E-state index is 6.78. The van der Waals surface area contributed by atoms with Crippen LogP contribution in [0.4, 0.5) is 17.1 Å². The van der Waals surface area contributed by atoms with Gasteiger partial charge in [-0.1, -0.05) is 85.6 Å². The Morgan fingerprint density at radius 3 is 2.25 bits per heavy atom. The number of furan rings is 1. The molecule has 1 aliphatic rings. The predicted molar refractivity (Wildman–Crippen MR) is 204 cm³/mol. The third kappa shape index (κ3) is 5.39. The van der Waals surface area contributed by atoms with Gasteiger partial charge in [-0.05, 0) is 73.5 Å². The largest absolute Gasteiger partial charge is 0.512 e. The van der Waals surface area contributed by atoms with Crippen LogP contribution in [0.1, 0.15) is 47.1 Å². The quantitative estimate of drug-likeness (QED) is 0.165. The van der Waals surface area contributed by atoms with Crippen LogP contribution in [0.15, 0.2) is 114 Å². The topological polar surface area (TPSA) is 46.7 Å². The van der Waals surface area contributed by atoms with Gasteiger partial charge in [0, 0.05) is 60.8 Å². The van der Waals surface area contributed by atoms with Gasteiger partial charge in [0.25, 0.3) is 0 Å². The number of anilines is 3. The van der Waals surface area contributed by atoms with Crippen LogP contribution in [0.2, 0.25) is 0 Å². The molecule has 9 rings (SSSR count). The fourth-order valence-electron chi connectivity index (χ4n) is 7.13. The van der Waals surface area contributed by atoms with Crippen LogP contribution >= 0.6 is 0 Å². The first-order chi connectivity index (χ1) is 24.1. The molecule has 3 aromatic heterocycles. The predicted octanol–water partition coefficient (Wildman–Crippen LogP) is 11.6. The van der Waals surface area contributed by atoms with Crippen molar-refractivity contribution in [2.75, 3.05) is 9.80 Å². The summed E-state index contributed by atoms with van der Waals surface area (Å²) < 4.78 is 15.6. The summed E-state index contributed by atoms with van der Waals surface area (Å²) in [5.74, 6) is 1.89. The molecule has 51 heavy (non-hydrogen) atoms. The van der Waals surface area contributed by atoms with Gasteiger partial charge in [0.1, 0.15) is 11.4 Å². The number of nitrogens with zero attached hydrogens (tertiary/aromatic N) is 4. The molecular weight excluding hydrogens is 812 g/mol. The molecule has 0 atom stereocenters. The van der Waals surface area contributed by atoms with E-state index in [-0.39, 0.29) is 32.0 Å². The molecule has 7 heteroatoms. The number of aromatic nitrogens is 2. The van der Waals surface area contributed by atoms with Gasteiger partial charge in [-0.2, -0.15) is 12.7 Å². The van der Waals surface area contributed by atoms with Gasteiger partial charge in [0.15, 0.2) is 0 Å². The molecule has 5 aromatic carbocycles. The summed E-state index contributed by atoms with van der Waals surface area (Å²) in [6, 6.07) is 42.6. The molecule has 8 aromatic rings. The van der Waals surface area contributed by atoms with E-state index in [9.17, 15) is 0 Å². The maximum Gasteiger partial charge on any atom is 0.135 e. The van der Waals surface area contributed by atoms with Gasteiger partial charge in [-0.25, -0.2) is 4.98 Å². The van der Waals surface area contributed by atoms with Gasteiger partial charge in [-0.15, -0.1) is 30.0 Å². The van der Waals surface area contributed by atoms with Crippen LogP contribution < -0.4 is 14.5 Å². The van der Waals surface area contributed by atoms with E-state index in [2.05, 4.69) is 154 Å². The van der Waals surface area contributed by atoms with Crippen LogP contribution in [-0.4, -0.2) is 15.1 Å². The summed E-state index contributed by atoms with van der Waals surface area (Å²) in [6.07, 6.45) is 1.90. The molecule has 0 amide bonds. The SMILES string of the molecule is CC(C)(C)c1ccnc(-n2c3[c-]c(Oc4[c-]c(N5[CH-]N(C(C)(C)C)c6ccccc65)ccc4)c4oc5ccccc5c4c3c3ccccc32)c1.[Pt]. The van der Waals surface area contributed by atoms with E-state index in [1.54, 1.807) is 0 Å². The number of hydrogen-bond acceptors (Lipinski definition) is 5. The number of ether oxygens (including phenoxy) is 1. The Balaban J connectivity index is 0.00000374. The third-order valence-corrected chi connectivity index (χ3v) is 9.58. The third-order valence-electron chi connectivity index (χ3n) is 9.58. The van der Waals surface area contributed by atoms with Gasteiger partial charge in [-0.3, -0.25) is 0 Å². The van der Waals surface area contributed by atoms with E-state index >= 15 is 0 Å². The average molecular weight is 849 g/mol. The normalized spacial score (nSPS) is 13.4. The molecule has 0 saturated carbocycles. The average Bonchev–Trinajstić information content (AvgIpc) is 3.78. The minimum atomic E-state index is -0.101. The van der Waals surface area contributed by atoms with Crippen LogP contribution in [0.25, 0.3) is 49.6 Å². The van der Waals surface area contributed by atoms with Crippen molar-refractivity contribution in [2.45, 2.75) is 52.5 Å². The molecular formula is C44H37N4O2Pt-3. The summed E-state index contributed by atoms with van der Waals surface area (Å²) in [6.45, 7) is 15.5. The van der Waals surface area contributed by atoms with Crippen molar-refractivity contribution < 1.29 is 30.2 Å². The number of benzene rings is 5. The van der Waals surface area contributed by atoms with Crippen LogP contribution in [-0.2, 0) is 26.5 Å². The van der Waals surface area contributed by atoms with Gasteiger partial charge in [0.2, 0.25) is 0 Å². The van der Waals surface area contributed by atoms with Crippen molar-refractivity contribution in [3.05, 3.63) is 134 Å². The van der Waals surface area contributed by atoms with Crippen molar-refractivity contribution in [3.8, 4) is 17.3 Å².